The number of phenols is 1. The maximum absolute atomic E-state index is 10.1. The topological polar surface area (TPSA) is 55.7 Å². The summed E-state index contributed by atoms with van der Waals surface area (Å²) in [6, 6.07) is 5.97. The lowest BCUT2D eigenvalue weighted by molar-refractivity contribution is 0.0465. The minimum atomic E-state index is -0.106. The Morgan fingerprint density at radius 2 is 2.11 bits per heavy atom. The molecule has 106 valence electrons. The second kappa shape index (κ2) is 5.80. The molecule has 0 amide bonds. The molecule has 4 nitrogen and oxygen atoms in total. The Labute approximate surface area is 115 Å². The zero-order chi connectivity index (χ0) is 14.0. The number of benzene rings is 1. The maximum Gasteiger partial charge on any atom is 0.122 e. The van der Waals surface area contributed by atoms with Gasteiger partial charge in [0, 0.05) is 37.0 Å². The minimum absolute atomic E-state index is 0.106. The van der Waals surface area contributed by atoms with Gasteiger partial charge in [0.25, 0.3) is 0 Å². The third-order valence-corrected chi connectivity index (χ3v) is 4.10. The van der Waals surface area contributed by atoms with E-state index in [1.165, 1.54) is 0 Å². The first kappa shape index (κ1) is 14.2. The molecule has 3 N–H and O–H groups in total. The Kier molecular flexibility index (Phi) is 4.32. The van der Waals surface area contributed by atoms with Crippen molar-refractivity contribution in [3.05, 3.63) is 23.8 Å². The van der Waals surface area contributed by atoms with Gasteiger partial charge in [-0.25, -0.2) is 0 Å². The summed E-state index contributed by atoms with van der Waals surface area (Å²) in [5.74, 6) is 0.901. The zero-order valence-electron chi connectivity index (χ0n) is 11.9. The monoisotopic (exact) mass is 264 g/mol. The number of aromatic hydroxyl groups is 1. The van der Waals surface area contributed by atoms with Crippen molar-refractivity contribution in [1.82, 2.24) is 5.32 Å². The number of hydrogen-bond donors (Lipinski definition) is 3. The average Bonchev–Trinajstić information content (AvgIpc) is 2.35. The van der Waals surface area contributed by atoms with Crippen molar-refractivity contribution in [1.29, 1.82) is 0 Å². The van der Waals surface area contributed by atoms with Crippen molar-refractivity contribution < 1.29 is 10.2 Å². The van der Waals surface area contributed by atoms with Crippen LogP contribution in [-0.4, -0.2) is 37.0 Å². The van der Waals surface area contributed by atoms with E-state index >= 15 is 0 Å². The van der Waals surface area contributed by atoms with Crippen molar-refractivity contribution in [2.75, 3.05) is 25.5 Å². The fourth-order valence-corrected chi connectivity index (χ4v) is 2.63. The summed E-state index contributed by atoms with van der Waals surface area (Å²) in [5, 5.41) is 22.5. The van der Waals surface area contributed by atoms with Crippen molar-refractivity contribution in [2.24, 2.45) is 5.92 Å². The smallest absolute Gasteiger partial charge is 0.122 e. The summed E-state index contributed by atoms with van der Waals surface area (Å²) < 4.78 is 0. The molecule has 1 unspecified atom stereocenters. The number of aliphatic hydroxyl groups is 1. The fraction of sp³-hybridized carbons (Fsp3) is 0.600. The summed E-state index contributed by atoms with van der Waals surface area (Å²) in [6.45, 7) is 2.95. The number of anilines is 1. The summed E-state index contributed by atoms with van der Waals surface area (Å²) in [7, 11) is 3.91. The highest BCUT2D eigenvalue weighted by Gasteiger charge is 2.28. The number of aliphatic hydroxyl groups excluding tert-OH is 1. The van der Waals surface area contributed by atoms with E-state index in [4.69, 9.17) is 0 Å². The lowest BCUT2D eigenvalue weighted by atomic mass is 9.82. The second-order valence-corrected chi connectivity index (χ2v) is 5.63. The van der Waals surface area contributed by atoms with Gasteiger partial charge in [0.2, 0.25) is 0 Å². The van der Waals surface area contributed by atoms with E-state index in [-0.39, 0.29) is 12.1 Å². The quantitative estimate of drug-likeness (QED) is 0.760. The van der Waals surface area contributed by atoms with Crippen LogP contribution in [0.4, 0.5) is 5.69 Å². The number of hydrogen-bond acceptors (Lipinski definition) is 4. The Morgan fingerprint density at radius 3 is 2.63 bits per heavy atom. The lowest BCUT2D eigenvalue weighted by Gasteiger charge is -2.35. The molecular weight excluding hydrogens is 240 g/mol. The Balaban J connectivity index is 2.02. The molecule has 2 rings (SSSR count). The first-order valence-corrected chi connectivity index (χ1v) is 6.90. The molecular formula is C15H24N2O2. The van der Waals surface area contributed by atoms with Crippen LogP contribution in [0.25, 0.3) is 0 Å². The molecule has 0 saturated heterocycles. The molecule has 1 aliphatic rings. The van der Waals surface area contributed by atoms with Gasteiger partial charge >= 0.3 is 0 Å². The molecule has 0 radical (unpaired) electrons. The van der Waals surface area contributed by atoms with Gasteiger partial charge in [0.1, 0.15) is 5.75 Å². The van der Waals surface area contributed by atoms with Crippen molar-refractivity contribution >= 4 is 5.69 Å². The molecule has 1 aromatic carbocycles. The van der Waals surface area contributed by atoms with Crippen LogP contribution in [-0.2, 0) is 0 Å². The standard InChI is InChI=1S/C15H24N2O2/c1-10(16-2)14-5-4-12(8-15(14)19)17(3)9-11-6-13(18)7-11/h4-5,8,10-11,13,16,18-19H,6-7,9H2,1-3H3. The van der Waals surface area contributed by atoms with E-state index in [9.17, 15) is 10.2 Å². The summed E-state index contributed by atoms with van der Waals surface area (Å²) in [6.07, 6.45) is 1.68. The predicted octanol–water partition coefficient (Wildman–Crippen LogP) is 1.88. The Bertz CT molecular complexity index is 430. The van der Waals surface area contributed by atoms with Gasteiger partial charge < -0.3 is 20.4 Å². The fourth-order valence-electron chi connectivity index (χ4n) is 2.63. The van der Waals surface area contributed by atoms with Gasteiger partial charge in [0.15, 0.2) is 0 Å². The first-order valence-electron chi connectivity index (χ1n) is 6.90. The zero-order valence-corrected chi connectivity index (χ0v) is 11.9. The van der Waals surface area contributed by atoms with Gasteiger partial charge in [0.05, 0.1) is 6.10 Å². The second-order valence-electron chi connectivity index (χ2n) is 5.63. The molecule has 1 fully saturated rings. The van der Waals surface area contributed by atoms with Crippen LogP contribution in [0.2, 0.25) is 0 Å². The average molecular weight is 264 g/mol. The highest BCUT2D eigenvalue weighted by molar-refractivity contribution is 5.53. The molecule has 0 aliphatic heterocycles. The molecule has 1 aliphatic carbocycles. The Morgan fingerprint density at radius 1 is 1.42 bits per heavy atom. The highest BCUT2D eigenvalue weighted by atomic mass is 16.3. The molecule has 0 aromatic heterocycles. The van der Waals surface area contributed by atoms with Crippen LogP contribution in [0.3, 0.4) is 0 Å². The van der Waals surface area contributed by atoms with E-state index in [0.717, 1.165) is 30.6 Å². The van der Waals surface area contributed by atoms with Crippen molar-refractivity contribution in [3.63, 3.8) is 0 Å². The number of rotatable bonds is 5. The van der Waals surface area contributed by atoms with Crippen LogP contribution in [0.15, 0.2) is 18.2 Å². The van der Waals surface area contributed by atoms with E-state index in [0.29, 0.717) is 11.7 Å². The normalized spacial score (nSPS) is 23.8. The van der Waals surface area contributed by atoms with E-state index in [2.05, 4.69) is 10.2 Å². The van der Waals surface area contributed by atoms with Crippen LogP contribution in [0.5, 0.6) is 5.75 Å². The molecule has 1 atom stereocenters. The third kappa shape index (κ3) is 3.19. The summed E-state index contributed by atoms with van der Waals surface area (Å²) in [4.78, 5) is 2.14. The lowest BCUT2D eigenvalue weighted by Crippen LogP contribution is -2.37. The van der Waals surface area contributed by atoms with Crippen LogP contribution in [0, 0.1) is 5.92 Å². The molecule has 1 aromatic rings. The van der Waals surface area contributed by atoms with Crippen LogP contribution < -0.4 is 10.2 Å². The molecule has 4 heteroatoms. The van der Waals surface area contributed by atoms with Crippen LogP contribution >= 0.6 is 0 Å². The van der Waals surface area contributed by atoms with E-state index in [1.54, 1.807) is 0 Å². The summed E-state index contributed by atoms with van der Waals surface area (Å²) >= 11 is 0. The highest BCUT2D eigenvalue weighted by Crippen LogP contribution is 2.32. The number of phenolic OH excluding ortho intramolecular Hbond substituents is 1. The maximum atomic E-state index is 10.1. The van der Waals surface area contributed by atoms with Gasteiger partial charge in [-0.1, -0.05) is 6.07 Å². The molecule has 0 bridgehead atoms. The van der Waals surface area contributed by atoms with Gasteiger partial charge in [-0.05, 0) is 38.8 Å². The van der Waals surface area contributed by atoms with Crippen molar-refractivity contribution in [3.8, 4) is 5.75 Å². The molecule has 0 heterocycles. The minimum Gasteiger partial charge on any atom is -0.508 e. The van der Waals surface area contributed by atoms with Crippen LogP contribution in [0.1, 0.15) is 31.4 Å². The largest absolute Gasteiger partial charge is 0.508 e. The first-order chi connectivity index (χ1) is 9.01. The van der Waals surface area contributed by atoms with Gasteiger partial charge in [-0.2, -0.15) is 0 Å². The predicted molar refractivity (Wildman–Crippen MR) is 77.6 cm³/mol. The van der Waals surface area contributed by atoms with Gasteiger partial charge in [-0.3, -0.25) is 0 Å². The third-order valence-electron chi connectivity index (χ3n) is 4.10. The van der Waals surface area contributed by atoms with E-state index < -0.39 is 0 Å². The molecule has 19 heavy (non-hydrogen) atoms. The molecule has 0 spiro atoms. The SMILES string of the molecule is CNC(C)c1ccc(N(C)CC2CC(O)C2)cc1O. The summed E-state index contributed by atoms with van der Waals surface area (Å²) in [5.41, 5.74) is 1.93. The number of nitrogens with one attached hydrogen (secondary N) is 1. The number of nitrogens with zero attached hydrogens (tertiary/aromatic N) is 1. The Hall–Kier alpha value is -1.26. The van der Waals surface area contributed by atoms with Crippen molar-refractivity contribution in [2.45, 2.75) is 31.9 Å². The molecule has 1 saturated carbocycles. The van der Waals surface area contributed by atoms with Gasteiger partial charge in [-0.15, -0.1) is 0 Å². The van der Waals surface area contributed by atoms with E-state index in [1.807, 2.05) is 39.2 Å².